The van der Waals surface area contributed by atoms with Crippen LogP contribution in [0.25, 0.3) is 10.9 Å². The van der Waals surface area contributed by atoms with E-state index in [9.17, 15) is 14.0 Å². The smallest absolute Gasteiger partial charge is 0.410 e. The Bertz CT molecular complexity index is 1390. The van der Waals surface area contributed by atoms with Gasteiger partial charge in [0.1, 0.15) is 25.1 Å². The highest BCUT2D eigenvalue weighted by Crippen LogP contribution is 2.30. The molecule has 0 aliphatic carbocycles. The molecule has 2 aromatic heterocycles. The molecule has 3 aromatic rings. The van der Waals surface area contributed by atoms with Crippen molar-refractivity contribution < 1.29 is 23.4 Å². The van der Waals surface area contributed by atoms with Gasteiger partial charge in [-0.2, -0.15) is 0 Å². The predicted octanol–water partition coefficient (Wildman–Crippen LogP) is 4.21. The van der Waals surface area contributed by atoms with Crippen molar-refractivity contribution in [2.45, 2.75) is 58.3 Å². The van der Waals surface area contributed by atoms with Crippen LogP contribution in [-0.4, -0.2) is 69.9 Å². The van der Waals surface area contributed by atoms with Crippen molar-refractivity contribution >= 4 is 17.0 Å². The molecule has 0 saturated carbocycles. The number of fused-ring (bicyclic) bond motifs is 2. The van der Waals surface area contributed by atoms with E-state index >= 15 is 0 Å². The standard InChI is InChI=1S/C29H35FN4O5/c1-29(2,3)34(19-22-17-25-26(18-31-22)38-15-14-37-25)28(36)39-23-8-10-32(11-9-23)12-13-33-24-16-21(30)6-4-20(24)5-7-27(33)35/h4-7,16-18,23H,8-15,19H2,1-3H3. The van der Waals surface area contributed by atoms with Crippen LogP contribution in [0.5, 0.6) is 11.5 Å². The number of nitrogens with zero attached hydrogens (tertiary/aromatic N) is 4. The summed E-state index contributed by atoms with van der Waals surface area (Å²) in [6.07, 6.45) is 2.47. The van der Waals surface area contributed by atoms with Crippen LogP contribution < -0.4 is 15.0 Å². The van der Waals surface area contributed by atoms with E-state index in [0.29, 0.717) is 61.9 Å². The number of carbonyl (C=O) groups is 1. The summed E-state index contributed by atoms with van der Waals surface area (Å²) < 4.78 is 32.6. The van der Waals surface area contributed by atoms with E-state index in [-0.39, 0.29) is 30.1 Å². The van der Waals surface area contributed by atoms with E-state index < -0.39 is 5.54 Å². The Hall–Kier alpha value is -3.66. The van der Waals surface area contributed by atoms with Crippen LogP contribution in [0.4, 0.5) is 9.18 Å². The maximum absolute atomic E-state index is 13.8. The third-order valence-electron chi connectivity index (χ3n) is 7.23. The highest BCUT2D eigenvalue weighted by Gasteiger charge is 2.32. The quantitative estimate of drug-likeness (QED) is 0.465. The molecule has 4 heterocycles. The Labute approximate surface area is 227 Å². The first kappa shape index (κ1) is 26.9. The summed E-state index contributed by atoms with van der Waals surface area (Å²) in [6, 6.07) is 9.55. The molecule has 1 aromatic carbocycles. The van der Waals surface area contributed by atoms with Gasteiger partial charge >= 0.3 is 6.09 Å². The Morgan fingerprint density at radius 1 is 1.08 bits per heavy atom. The van der Waals surface area contributed by atoms with Crippen molar-refractivity contribution in [2.24, 2.45) is 0 Å². The lowest BCUT2D eigenvalue weighted by Gasteiger charge is -2.37. The van der Waals surface area contributed by atoms with E-state index in [2.05, 4.69) is 9.88 Å². The largest absolute Gasteiger partial charge is 0.486 e. The molecule has 39 heavy (non-hydrogen) atoms. The zero-order chi connectivity index (χ0) is 27.6. The summed E-state index contributed by atoms with van der Waals surface area (Å²) in [6.45, 7) is 9.77. The average Bonchev–Trinajstić information content (AvgIpc) is 2.91. The van der Waals surface area contributed by atoms with Crippen LogP contribution in [0.1, 0.15) is 39.3 Å². The first-order chi connectivity index (χ1) is 18.7. The van der Waals surface area contributed by atoms with E-state index in [1.807, 2.05) is 26.8 Å². The van der Waals surface area contributed by atoms with E-state index in [0.717, 1.165) is 18.5 Å². The van der Waals surface area contributed by atoms with Gasteiger partial charge in [0.25, 0.3) is 5.56 Å². The molecule has 1 amide bonds. The fourth-order valence-electron chi connectivity index (χ4n) is 5.00. The summed E-state index contributed by atoms with van der Waals surface area (Å²) in [5, 5.41) is 0.830. The van der Waals surface area contributed by atoms with Crippen LogP contribution in [0.2, 0.25) is 0 Å². The third kappa shape index (κ3) is 6.33. The van der Waals surface area contributed by atoms with Crippen molar-refractivity contribution in [3.05, 3.63) is 64.5 Å². The molecule has 0 spiro atoms. The molecule has 0 atom stereocenters. The molecule has 1 fully saturated rings. The molecule has 208 valence electrons. The number of piperidine rings is 1. The number of likely N-dealkylation sites (tertiary alicyclic amines) is 1. The number of carbonyl (C=O) groups excluding carboxylic acids is 1. The number of amides is 1. The van der Waals surface area contributed by atoms with Gasteiger partial charge in [0.2, 0.25) is 0 Å². The topological polar surface area (TPSA) is 86.1 Å². The minimum absolute atomic E-state index is 0.147. The summed E-state index contributed by atoms with van der Waals surface area (Å²) in [5.74, 6) is 0.884. The van der Waals surface area contributed by atoms with E-state index in [4.69, 9.17) is 14.2 Å². The van der Waals surface area contributed by atoms with Gasteiger partial charge in [-0.25, -0.2) is 9.18 Å². The minimum Gasteiger partial charge on any atom is -0.486 e. The zero-order valence-corrected chi connectivity index (χ0v) is 22.7. The number of aromatic nitrogens is 2. The molecule has 9 nitrogen and oxygen atoms in total. The molecule has 0 N–H and O–H groups in total. The molecule has 10 heteroatoms. The Morgan fingerprint density at radius 3 is 2.54 bits per heavy atom. The predicted molar refractivity (Wildman–Crippen MR) is 145 cm³/mol. The lowest BCUT2D eigenvalue weighted by Crippen LogP contribution is -2.48. The normalized spacial score (nSPS) is 16.3. The Kier molecular flexibility index (Phi) is 7.74. The summed E-state index contributed by atoms with van der Waals surface area (Å²) in [5.41, 5.74) is 0.676. The average molecular weight is 539 g/mol. The van der Waals surface area contributed by atoms with Gasteiger partial charge in [-0.3, -0.25) is 14.7 Å². The molecule has 0 bridgehead atoms. The molecule has 0 unspecified atom stereocenters. The van der Waals surface area contributed by atoms with E-state index in [1.54, 1.807) is 27.8 Å². The van der Waals surface area contributed by atoms with Gasteiger partial charge in [-0.05, 0) is 63.3 Å². The second-order valence-electron chi connectivity index (χ2n) is 11.0. The highest BCUT2D eigenvalue weighted by molar-refractivity contribution is 5.78. The molecule has 0 radical (unpaired) electrons. The molecule has 5 rings (SSSR count). The van der Waals surface area contributed by atoms with Crippen molar-refractivity contribution in [2.75, 3.05) is 32.8 Å². The third-order valence-corrected chi connectivity index (χ3v) is 7.23. The molecular weight excluding hydrogens is 503 g/mol. The minimum atomic E-state index is -0.474. The summed E-state index contributed by atoms with van der Waals surface area (Å²) in [7, 11) is 0. The van der Waals surface area contributed by atoms with E-state index in [1.165, 1.54) is 18.2 Å². The number of ether oxygens (including phenoxy) is 3. The molecule has 1 saturated heterocycles. The lowest BCUT2D eigenvalue weighted by molar-refractivity contribution is 0.00868. The van der Waals surface area contributed by atoms with Crippen LogP contribution in [0, 0.1) is 5.82 Å². The van der Waals surface area contributed by atoms with Gasteiger partial charge in [0.05, 0.1) is 24.0 Å². The number of rotatable bonds is 6. The summed E-state index contributed by atoms with van der Waals surface area (Å²) in [4.78, 5) is 34.1. The maximum Gasteiger partial charge on any atom is 0.410 e. The molecular formula is C29H35FN4O5. The van der Waals surface area contributed by atoms with Crippen molar-refractivity contribution in [3.63, 3.8) is 0 Å². The van der Waals surface area contributed by atoms with Gasteiger partial charge in [-0.1, -0.05) is 0 Å². The van der Waals surface area contributed by atoms with Crippen molar-refractivity contribution in [1.82, 2.24) is 19.4 Å². The second kappa shape index (κ2) is 11.2. The van der Waals surface area contributed by atoms with Crippen LogP contribution >= 0.6 is 0 Å². The first-order valence-corrected chi connectivity index (χ1v) is 13.4. The van der Waals surface area contributed by atoms with Gasteiger partial charge in [-0.15, -0.1) is 0 Å². The first-order valence-electron chi connectivity index (χ1n) is 13.4. The second-order valence-corrected chi connectivity index (χ2v) is 11.0. The SMILES string of the molecule is CC(C)(C)N(Cc1cc2c(cn1)OCCO2)C(=O)OC1CCN(CCn2c(=O)ccc3ccc(F)cc32)CC1. The number of pyridine rings is 2. The highest BCUT2D eigenvalue weighted by atomic mass is 19.1. The Morgan fingerprint density at radius 2 is 1.79 bits per heavy atom. The van der Waals surface area contributed by atoms with Crippen molar-refractivity contribution in [1.29, 1.82) is 0 Å². The fraction of sp³-hybridized carbons (Fsp3) is 0.483. The van der Waals surface area contributed by atoms with Gasteiger partial charge in [0.15, 0.2) is 11.5 Å². The van der Waals surface area contributed by atoms with Gasteiger partial charge < -0.3 is 23.7 Å². The lowest BCUT2D eigenvalue weighted by atomic mass is 10.1. The fourth-order valence-corrected chi connectivity index (χ4v) is 5.00. The number of hydrogen-bond donors (Lipinski definition) is 0. The van der Waals surface area contributed by atoms with Gasteiger partial charge in [0, 0.05) is 43.9 Å². The maximum atomic E-state index is 13.8. The zero-order valence-electron chi connectivity index (χ0n) is 22.7. The molecule has 2 aliphatic heterocycles. The van der Waals surface area contributed by atoms with Crippen LogP contribution in [0.15, 0.2) is 47.4 Å². The number of halogens is 1. The monoisotopic (exact) mass is 538 g/mol. The number of hydrogen-bond acceptors (Lipinski definition) is 7. The summed E-state index contributed by atoms with van der Waals surface area (Å²) >= 11 is 0. The Balaban J connectivity index is 1.16. The van der Waals surface area contributed by atoms with Crippen LogP contribution in [-0.2, 0) is 17.8 Å². The van der Waals surface area contributed by atoms with Crippen LogP contribution in [0.3, 0.4) is 0 Å². The number of benzene rings is 1. The molecule has 2 aliphatic rings. The van der Waals surface area contributed by atoms with Crippen molar-refractivity contribution in [3.8, 4) is 11.5 Å².